The van der Waals surface area contributed by atoms with E-state index in [0.717, 1.165) is 29.2 Å². The van der Waals surface area contributed by atoms with Crippen molar-refractivity contribution < 1.29 is 9.59 Å². The van der Waals surface area contributed by atoms with E-state index < -0.39 is 0 Å². The van der Waals surface area contributed by atoms with Gasteiger partial charge in [0.2, 0.25) is 5.91 Å². The Balaban J connectivity index is 1.51. The summed E-state index contributed by atoms with van der Waals surface area (Å²) >= 11 is 1.47. The lowest BCUT2D eigenvalue weighted by atomic mass is 9.79. The summed E-state index contributed by atoms with van der Waals surface area (Å²) in [6, 6.07) is 12.2. The number of thiophene rings is 1. The number of hydrogen-bond acceptors (Lipinski definition) is 4. The van der Waals surface area contributed by atoms with E-state index in [4.69, 9.17) is 0 Å². The topological polar surface area (TPSA) is 61.4 Å². The number of carbonyl (C=O) groups is 2. The summed E-state index contributed by atoms with van der Waals surface area (Å²) < 4.78 is 0. The maximum atomic E-state index is 12.9. The lowest BCUT2D eigenvalue weighted by Gasteiger charge is -2.49. The first kappa shape index (κ1) is 18.2. The van der Waals surface area contributed by atoms with Crippen molar-refractivity contribution in [2.75, 3.05) is 18.4 Å². The highest BCUT2D eigenvalue weighted by atomic mass is 32.1. The second-order valence-electron chi connectivity index (χ2n) is 7.50. The number of rotatable bonds is 4. The summed E-state index contributed by atoms with van der Waals surface area (Å²) in [5.74, 6) is 0.496. The number of fused-ring (bicyclic) bond motifs is 3. The molecule has 2 amide bonds. The Labute approximate surface area is 163 Å². The van der Waals surface area contributed by atoms with Gasteiger partial charge in [-0.1, -0.05) is 18.2 Å². The number of benzene rings is 1. The molecule has 3 aliphatic heterocycles. The number of piperidine rings is 3. The number of para-hydroxylation sites is 1. The van der Waals surface area contributed by atoms with Crippen LogP contribution in [-0.4, -0.2) is 41.9 Å². The molecule has 1 aromatic heterocycles. The lowest BCUT2D eigenvalue weighted by Crippen LogP contribution is -2.62. The summed E-state index contributed by atoms with van der Waals surface area (Å²) in [6.45, 7) is 6.03. The predicted molar refractivity (Wildman–Crippen MR) is 109 cm³/mol. The molecule has 0 aliphatic carbocycles. The SMILES string of the molecule is CC(=O)Nc1ccccc1-c1ccc(C(=O)N[C@@H]2C3CCN(CC3)[C@H]2C)s1. The summed E-state index contributed by atoms with van der Waals surface area (Å²) in [5.41, 5.74) is 1.71. The van der Waals surface area contributed by atoms with E-state index in [-0.39, 0.29) is 17.9 Å². The normalized spacial score (nSPS) is 26.6. The molecule has 0 saturated carbocycles. The van der Waals surface area contributed by atoms with Crippen molar-refractivity contribution in [3.63, 3.8) is 0 Å². The van der Waals surface area contributed by atoms with Gasteiger partial charge in [-0.15, -0.1) is 11.3 Å². The van der Waals surface area contributed by atoms with Gasteiger partial charge in [0.05, 0.1) is 4.88 Å². The minimum Gasteiger partial charge on any atom is -0.347 e. The van der Waals surface area contributed by atoms with Crippen molar-refractivity contribution in [1.29, 1.82) is 0 Å². The van der Waals surface area contributed by atoms with Crippen LogP contribution in [-0.2, 0) is 4.79 Å². The van der Waals surface area contributed by atoms with Crippen molar-refractivity contribution in [1.82, 2.24) is 10.2 Å². The van der Waals surface area contributed by atoms with Gasteiger partial charge in [0.25, 0.3) is 5.91 Å². The van der Waals surface area contributed by atoms with Crippen LogP contribution in [0.1, 0.15) is 36.4 Å². The molecule has 6 heteroatoms. The maximum absolute atomic E-state index is 12.9. The van der Waals surface area contributed by atoms with Crippen LogP contribution in [0.4, 0.5) is 5.69 Å². The highest BCUT2D eigenvalue weighted by Crippen LogP contribution is 2.35. The van der Waals surface area contributed by atoms with E-state index in [0.29, 0.717) is 16.8 Å². The van der Waals surface area contributed by atoms with Gasteiger partial charge in [-0.3, -0.25) is 14.5 Å². The van der Waals surface area contributed by atoms with Crippen LogP contribution in [0, 0.1) is 5.92 Å². The molecule has 3 fully saturated rings. The van der Waals surface area contributed by atoms with Gasteiger partial charge in [0, 0.05) is 35.1 Å². The standard InChI is InChI=1S/C21H25N3O2S/c1-13-20(15-9-11-24(13)12-10-15)23-21(26)19-8-7-18(27-19)16-5-3-4-6-17(16)22-14(2)25/h3-8,13,15,20H,9-12H2,1-2H3,(H,22,25)(H,23,26)/t13-,20-/m0/s1. The number of nitrogens with one attached hydrogen (secondary N) is 2. The van der Waals surface area contributed by atoms with Crippen molar-refractivity contribution >= 4 is 28.8 Å². The smallest absolute Gasteiger partial charge is 0.261 e. The molecule has 2 atom stereocenters. The van der Waals surface area contributed by atoms with Crippen LogP contribution in [0.15, 0.2) is 36.4 Å². The van der Waals surface area contributed by atoms with Gasteiger partial charge in [-0.05, 0) is 57.0 Å². The van der Waals surface area contributed by atoms with Crippen LogP contribution in [0.5, 0.6) is 0 Å². The third kappa shape index (κ3) is 3.64. The maximum Gasteiger partial charge on any atom is 0.261 e. The van der Waals surface area contributed by atoms with Gasteiger partial charge in [-0.2, -0.15) is 0 Å². The number of nitrogens with zero attached hydrogens (tertiary/aromatic N) is 1. The van der Waals surface area contributed by atoms with Gasteiger partial charge < -0.3 is 10.6 Å². The molecule has 1 aromatic carbocycles. The number of anilines is 1. The van der Waals surface area contributed by atoms with Gasteiger partial charge in [0.15, 0.2) is 0 Å². The highest BCUT2D eigenvalue weighted by Gasteiger charge is 2.40. The van der Waals surface area contributed by atoms with E-state index >= 15 is 0 Å². The molecular weight excluding hydrogens is 358 g/mol. The minimum absolute atomic E-state index is 0.00820. The highest BCUT2D eigenvalue weighted by molar-refractivity contribution is 7.17. The molecule has 0 spiro atoms. The molecule has 0 radical (unpaired) electrons. The monoisotopic (exact) mass is 383 g/mol. The average molecular weight is 384 g/mol. The van der Waals surface area contributed by atoms with E-state index in [1.807, 2.05) is 36.4 Å². The van der Waals surface area contributed by atoms with Gasteiger partial charge >= 0.3 is 0 Å². The first-order valence-electron chi connectivity index (χ1n) is 9.54. The molecule has 5 nitrogen and oxygen atoms in total. The summed E-state index contributed by atoms with van der Waals surface area (Å²) in [6.07, 6.45) is 2.35. The second-order valence-corrected chi connectivity index (χ2v) is 8.59. The molecule has 2 N–H and O–H groups in total. The molecule has 0 unspecified atom stereocenters. The fourth-order valence-electron chi connectivity index (χ4n) is 4.37. The quantitative estimate of drug-likeness (QED) is 0.848. The lowest BCUT2D eigenvalue weighted by molar-refractivity contribution is -0.114. The fraction of sp³-hybridized carbons (Fsp3) is 0.429. The Bertz CT molecular complexity index is 853. The first-order chi connectivity index (χ1) is 13.0. The Morgan fingerprint density at radius 2 is 1.85 bits per heavy atom. The number of carbonyl (C=O) groups excluding carboxylic acids is 2. The molecule has 5 rings (SSSR count). The molecule has 27 heavy (non-hydrogen) atoms. The molecule has 4 heterocycles. The Kier molecular flexibility index (Phi) is 5.02. The van der Waals surface area contributed by atoms with E-state index in [1.54, 1.807) is 0 Å². The van der Waals surface area contributed by atoms with Crippen LogP contribution >= 0.6 is 11.3 Å². The molecule has 3 saturated heterocycles. The third-order valence-electron chi connectivity index (χ3n) is 5.81. The summed E-state index contributed by atoms with van der Waals surface area (Å²) in [5, 5.41) is 6.15. The Hall–Kier alpha value is -2.18. The van der Waals surface area contributed by atoms with Crippen LogP contribution in [0.2, 0.25) is 0 Å². The van der Waals surface area contributed by atoms with Gasteiger partial charge in [0.1, 0.15) is 0 Å². The third-order valence-corrected chi connectivity index (χ3v) is 6.93. The van der Waals surface area contributed by atoms with Crippen molar-refractivity contribution in [3.8, 4) is 10.4 Å². The summed E-state index contributed by atoms with van der Waals surface area (Å²) in [4.78, 5) is 28.5. The Morgan fingerprint density at radius 1 is 1.11 bits per heavy atom. The minimum atomic E-state index is -0.103. The average Bonchev–Trinajstić information content (AvgIpc) is 3.15. The van der Waals surface area contributed by atoms with E-state index in [1.165, 1.54) is 31.1 Å². The molecule has 3 aliphatic rings. The zero-order valence-electron chi connectivity index (χ0n) is 15.7. The molecule has 142 valence electrons. The van der Waals surface area contributed by atoms with Crippen molar-refractivity contribution in [2.45, 2.75) is 38.8 Å². The van der Waals surface area contributed by atoms with E-state index in [2.05, 4.69) is 22.5 Å². The van der Waals surface area contributed by atoms with Crippen molar-refractivity contribution in [2.24, 2.45) is 5.92 Å². The zero-order valence-corrected chi connectivity index (χ0v) is 16.5. The van der Waals surface area contributed by atoms with Crippen LogP contribution in [0.3, 0.4) is 0 Å². The number of hydrogen-bond donors (Lipinski definition) is 2. The zero-order chi connectivity index (χ0) is 19.0. The van der Waals surface area contributed by atoms with Crippen LogP contribution < -0.4 is 10.6 Å². The molecular formula is C21H25N3O2S. The fourth-order valence-corrected chi connectivity index (χ4v) is 5.32. The molecule has 2 aromatic rings. The Morgan fingerprint density at radius 3 is 2.56 bits per heavy atom. The molecule has 2 bridgehead atoms. The first-order valence-corrected chi connectivity index (χ1v) is 10.4. The van der Waals surface area contributed by atoms with Crippen molar-refractivity contribution in [3.05, 3.63) is 41.3 Å². The predicted octanol–water partition coefficient (Wildman–Crippen LogP) is 3.59. The second kappa shape index (κ2) is 7.44. The van der Waals surface area contributed by atoms with Gasteiger partial charge in [-0.25, -0.2) is 0 Å². The summed E-state index contributed by atoms with van der Waals surface area (Å²) in [7, 11) is 0. The van der Waals surface area contributed by atoms with Crippen LogP contribution in [0.25, 0.3) is 10.4 Å². The van der Waals surface area contributed by atoms with E-state index in [9.17, 15) is 9.59 Å². The largest absolute Gasteiger partial charge is 0.347 e. The number of amides is 2.